The molecule has 0 unspecified atom stereocenters. The summed E-state index contributed by atoms with van der Waals surface area (Å²) in [7, 11) is 0. The first-order chi connectivity index (χ1) is 15.4. The molecule has 32 heavy (non-hydrogen) atoms. The average molecular weight is 438 g/mol. The number of nitrogens with zero attached hydrogens (tertiary/aromatic N) is 1. The van der Waals surface area contributed by atoms with Crippen LogP contribution in [0.1, 0.15) is 30.5 Å². The van der Waals surface area contributed by atoms with Crippen LogP contribution in [0.25, 0.3) is 6.08 Å². The Morgan fingerprint density at radius 3 is 2.44 bits per heavy atom. The van der Waals surface area contributed by atoms with Crippen LogP contribution in [0.3, 0.4) is 0 Å². The number of carbonyl (C=O) groups excluding carboxylic acids is 3. The molecule has 3 rings (SSSR count). The van der Waals surface area contributed by atoms with Crippen molar-refractivity contribution in [3.05, 3.63) is 64.9 Å². The number of hydrogen-bond acceptors (Lipinski definition) is 6. The molecule has 2 aromatic carbocycles. The summed E-state index contributed by atoms with van der Waals surface area (Å²) in [6.07, 6.45) is 1.58. The predicted octanol–water partition coefficient (Wildman–Crippen LogP) is 3.43. The van der Waals surface area contributed by atoms with Gasteiger partial charge in [0.1, 0.15) is 5.70 Å². The van der Waals surface area contributed by atoms with Crippen LogP contribution < -0.4 is 14.8 Å². The van der Waals surface area contributed by atoms with Crippen molar-refractivity contribution in [2.24, 2.45) is 0 Å². The lowest BCUT2D eigenvalue weighted by atomic mass is 10.1. The fourth-order valence-electron chi connectivity index (χ4n) is 3.10. The lowest BCUT2D eigenvalue weighted by Crippen LogP contribution is -2.30. The zero-order valence-corrected chi connectivity index (χ0v) is 18.3. The van der Waals surface area contributed by atoms with Gasteiger partial charge in [-0.2, -0.15) is 0 Å². The second kappa shape index (κ2) is 10.5. The van der Waals surface area contributed by atoms with E-state index in [9.17, 15) is 14.4 Å². The quantitative estimate of drug-likeness (QED) is 0.366. The Balaban J connectivity index is 1.75. The smallest absolute Gasteiger partial charge is 0.344 e. The number of urea groups is 1. The highest BCUT2D eigenvalue weighted by atomic mass is 16.6. The van der Waals surface area contributed by atoms with Crippen molar-refractivity contribution in [1.29, 1.82) is 0 Å². The number of imide groups is 1. The topological polar surface area (TPSA) is 94.2 Å². The molecule has 8 nitrogen and oxygen atoms in total. The Labute approximate surface area is 186 Å². The lowest BCUT2D eigenvalue weighted by Gasteiger charge is -2.12. The fraction of sp³-hybridized carbons (Fsp3) is 0.292. The molecule has 1 fully saturated rings. The van der Waals surface area contributed by atoms with Gasteiger partial charge in [0.15, 0.2) is 18.1 Å². The van der Waals surface area contributed by atoms with E-state index < -0.39 is 17.9 Å². The molecule has 1 aliphatic rings. The third-order valence-electron chi connectivity index (χ3n) is 4.65. The molecular formula is C24H26N2O6. The molecular weight excluding hydrogens is 412 g/mol. The van der Waals surface area contributed by atoms with Crippen LogP contribution in [0.15, 0.2) is 48.2 Å². The van der Waals surface area contributed by atoms with Gasteiger partial charge < -0.3 is 19.5 Å². The Hall–Kier alpha value is -3.81. The highest BCUT2D eigenvalue weighted by Gasteiger charge is 2.33. The minimum atomic E-state index is -0.478. The maximum Gasteiger partial charge on any atom is 0.344 e. The van der Waals surface area contributed by atoms with Gasteiger partial charge in [-0.25, -0.2) is 9.59 Å². The van der Waals surface area contributed by atoms with Crippen LogP contribution in [0.2, 0.25) is 0 Å². The van der Waals surface area contributed by atoms with Gasteiger partial charge in [0.25, 0.3) is 5.91 Å². The number of ether oxygens (including phenoxy) is 3. The zero-order chi connectivity index (χ0) is 23.1. The van der Waals surface area contributed by atoms with E-state index >= 15 is 0 Å². The van der Waals surface area contributed by atoms with E-state index in [0.29, 0.717) is 23.7 Å². The number of esters is 1. The van der Waals surface area contributed by atoms with Crippen LogP contribution in [0.5, 0.6) is 11.5 Å². The van der Waals surface area contributed by atoms with E-state index in [1.165, 1.54) is 0 Å². The SMILES string of the molecule is CCOC(=O)COc1ccc(/C=C2/NC(=O)N(Cc3ccc(C)cc3)C2=O)cc1OCC. The Kier molecular flexibility index (Phi) is 7.49. The van der Waals surface area contributed by atoms with Gasteiger partial charge in [-0.3, -0.25) is 9.69 Å². The van der Waals surface area contributed by atoms with Crippen molar-refractivity contribution in [2.45, 2.75) is 27.3 Å². The predicted molar refractivity (Wildman–Crippen MR) is 118 cm³/mol. The molecule has 1 heterocycles. The molecule has 0 spiro atoms. The maximum absolute atomic E-state index is 12.8. The Bertz CT molecular complexity index is 1030. The fourth-order valence-corrected chi connectivity index (χ4v) is 3.10. The molecule has 0 aliphatic carbocycles. The van der Waals surface area contributed by atoms with Crippen molar-refractivity contribution in [1.82, 2.24) is 10.2 Å². The van der Waals surface area contributed by atoms with Crippen LogP contribution in [-0.2, 0) is 20.9 Å². The van der Waals surface area contributed by atoms with Crippen molar-refractivity contribution in [3.63, 3.8) is 0 Å². The Morgan fingerprint density at radius 1 is 1.00 bits per heavy atom. The highest BCUT2D eigenvalue weighted by molar-refractivity contribution is 6.13. The second-order valence-corrected chi connectivity index (χ2v) is 7.10. The summed E-state index contributed by atoms with van der Waals surface area (Å²) in [5.41, 5.74) is 2.77. The average Bonchev–Trinajstić information content (AvgIpc) is 3.02. The van der Waals surface area contributed by atoms with Gasteiger partial charge in [0.2, 0.25) is 0 Å². The summed E-state index contributed by atoms with van der Waals surface area (Å²) in [6, 6.07) is 12.2. The first-order valence-corrected chi connectivity index (χ1v) is 10.4. The van der Waals surface area contributed by atoms with Crippen molar-refractivity contribution in [2.75, 3.05) is 19.8 Å². The number of rotatable bonds is 9. The highest BCUT2D eigenvalue weighted by Crippen LogP contribution is 2.30. The van der Waals surface area contributed by atoms with Gasteiger partial charge in [0, 0.05) is 0 Å². The number of nitrogens with one attached hydrogen (secondary N) is 1. The summed E-state index contributed by atoms with van der Waals surface area (Å²) < 4.78 is 16.0. The molecule has 1 saturated heterocycles. The van der Waals surface area contributed by atoms with Crippen LogP contribution >= 0.6 is 0 Å². The monoisotopic (exact) mass is 438 g/mol. The third-order valence-corrected chi connectivity index (χ3v) is 4.65. The van der Waals surface area contributed by atoms with Gasteiger partial charge in [-0.15, -0.1) is 0 Å². The molecule has 1 aliphatic heterocycles. The van der Waals surface area contributed by atoms with E-state index in [4.69, 9.17) is 14.2 Å². The second-order valence-electron chi connectivity index (χ2n) is 7.10. The molecule has 168 valence electrons. The van der Waals surface area contributed by atoms with Gasteiger partial charge in [-0.1, -0.05) is 35.9 Å². The summed E-state index contributed by atoms with van der Waals surface area (Å²) in [6.45, 7) is 6.12. The lowest BCUT2D eigenvalue weighted by molar-refractivity contribution is -0.145. The summed E-state index contributed by atoms with van der Waals surface area (Å²) in [5.74, 6) is -0.0884. The van der Waals surface area contributed by atoms with Gasteiger partial charge in [-0.05, 0) is 50.1 Å². The molecule has 0 aromatic heterocycles. The largest absolute Gasteiger partial charge is 0.490 e. The molecule has 1 N–H and O–H groups in total. The van der Waals surface area contributed by atoms with Gasteiger partial charge >= 0.3 is 12.0 Å². The third kappa shape index (κ3) is 5.66. The van der Waals surface area contributed by atoms with E-state index in [2.05, 4.69) is 5.32 Å². The minimum Gasteiger partial charge on any atom is -0.490 e. The van der Waals surface area contributed by atoms with Gasteiger partial charge in [0.05, 0.1) is 19.8 Å². The Morgan fingerprint density at radius 2 is 1.75 bits per heavy atom. The number of amides is 3. The van der Waals surface area contributed by atoms with Crippen molar-refractivity contribution >= 4 is 24.0 Å². The van der Waals surface area contributed by atoms with E-state index in [1.54, 1.807) is 31.2 Å². The van der Waals surface area contributed by atoms with E-state index in [-0.39, 0.29) is 25.5 Å². The molecule has 8 heteroatoms. The maximum atomic E-state index is 12.8. The van der Waals surface area contributed by atoms with Crippen LogP contribution in [0.4, 0.5) is 4.79 Å². The number of benzene rings is 2. The standard InChI is InChI=1S/C24H26N2O6/c1-4-30-21-13-18(10-11-20(21)32-15-22(27)31-5-2)12-19-23(28)26(24(29)25-19)14-17-8-6-16(3)7-9-17/h6-13H,4-5,14-15H2,1-3H3,(H,25,29)/b19-12+. The summed E-state index contributed by atoms with van der Waals surface area (Å²) >= 11 is 0. The van der Waals surface area contributed by atoms with Crippen molar-refractivity contribution < 1.29 is 28.6 Å². The summed E-state index contributed by atoms with van der Waals surface area (Å²) in [5, 5.41) is 2.62. The normalized spacial score (nSPS) is 14.5. The number of carbonyl (C=O) groups is 3. The molecule has 3 amide bonds. The first kappa shape index (κ1) is 22.9. The van der Waals surface area contributed by atoms with Crippen LogP contribution in [-0.4, -0.2) is 42.6 Å². The zero-order valence-electron chi connectivity index (χ0n) is 18.3. The van der Waals surface area contributed by atoms with Crippen LogP contribution in [0, 0.1) is 6.92 Å². The van der Waals surface area contributed by atoms with E-state index in [0.717, 1.165) is 16.0 Å². The molecule has 0 bridgehead atoms. The molecule has 0 radical (unpaired) electrons. The molecule has 0 atom stereocenters. The van der Waals surface area contributed by atoms with E-state index in [1.807, 2.05) is 38.1 Å². The van der Waals surface area contributed by atoms with Crippen molar-refractivity contribution in [3.8, 4) is 11.5 Å². The molecule has 2 aromatic rings. The molecule has 0 saturated carbocycles. The minimum absolute atomic E-state index is 0.171. The first-order valence-electron chi connectivity index (χ1n) is 10.4. The summed E-state index contributed by atoms with van der Waals surface area (Å²) in [4.78, 5) is 37.8. The number of hydrogen-bond donors (Lipinski definition) is 1. The number of aryl methyl sites for hydroxylation is 1.